The number of furan rings is 1. The minimum absolute atomic E-state index is 0.122. The minimum Gasteiger partial charge on any atom is -0.465 e. The van der Waals surface area contributed by atoms with Crippen molar-refractivity contribution in [2.75, 3.05) is 6.54 Å². The number of carbonyl (C=O) groups excluding carboxylic acids is 1. The molecule has 2 aromatic rings. The van der Waals surface area contributed by atoms with E-state index in [-0.39, 0.29) is 18.0 Å². The Balaban J connectivity index is 1.77. The molecule has 29 heavy (non-hydrogen) atoms. The molecule has 10 heteroatoms. The van der Waals surface area contributed by atoms with Gasteiger partial charge in [-0.15, -0.1) is 0 Å². The standard InChI is InChI=1S/C19H21F3N2O4S/c1-13-5-8-15(28-13)12-23-18(25)17-4-2-3-11-24(17)29(26,27)16-9-6-14(7-10-16)19(20,21)22/h5-10,17H,2-4,11-12H2,1H3,(H,23,25). The van der Waals surface area contributed by atoms with Crippen molar-refractivity contribution in [1.82, 2.24) is 9.62 Å². The number of halogens is 3. The molecule has 6 nitrogen and oxygen atoms in total. The van der Waals surface area contributed by atoms with E-state index in [4.69, 9.17) is 4.42 Å². The molecule has 3 rings (SSSR count). The maximum Gasteiger partial charge on any atom is 0.416 e. The Hall–Kier alpha value is -2.33. The highest BCUT2D eigenvalue weighted by Gasteiger charge is 2.38. The van der Waals surface area contributed by atoms with Crippen LogP contribution in [0.5, 0.6) is 0 Å². The van der Waals surface area contributed by atoms with Crippen LogP contribution in [0, 0.1) is 6.92 Å². The third-order valence-electron chi connectivity index (χ3n) is 4.78. The summed E-state index contributed by atoms with van der Waals surface area (Å²) in [6, 6.07) is 5.85. The lowest BCUT2D eigenvalue weighted by Crippen LogP contribution is -2.51. The fraction of sp³-hybridized carbons (Fsp3) is 0.421. The SMILES string of the molecule is Cc1ccc(CNC(=O)C2CCCCN2S(=O)(=O)c2ccc(C(F)(F)F)cc2)o1. The number of alkyl halides is 3. The Bertz CT molecular complexity index is 968. The van der Waals surface area contributed by atoms with Crippen molar-refractivity contribution in [1.29, 1.82) is 0 Å². The number of piperidine rings is 1. The molecule has 1 saturated heterocycles. The number of aryl methyl sites for hydroxylation is 1. The number of sulfonamides is 1. The third kappa shape index (κ3) is 4.81. The number of carbonyl (C=O) groups is 1. The van der Waals surface area contributed by atoms with Gasteiger partial charge in [0.05, 0.1) is 17.0 Å². The zero-order valence-electron chi connectivity index (χ0n) is 15.7. The second kappa shape index (κ2) is 8.19. The molecule has 1 amide bonds. The van der Waals surface area contributed by atoms with E-state index in [0.717, 1.165) is 28.6 Å². The van der Waals surface area contributed by atoms with Gasteiger partial charge in [-0.2, -0.15) is 17.5 Å². The Morgan fingerprint density at radius 1 is 1.17 bits per heavy atom. The summed E-state index contributed by atoms with van der Waals surface area (Å²) in [5.41, 5.74) is -0.932. The highest BCUT2D eigenvalue weighted by molar-refractivity contribution is 7.89. The van der Waals surface area contributed by atoms with Crippen molar-refractivity contribution in [3.8, 4) is 0 Å². The normalized spacial score (nSPS) is 18.6. The topological polar surface area (TPSA) is 79.6 Å². The first-order valence-electron chi connectivity index (χ1n) is 9.11. The highest BCUT2D eigenvalue weighted by atomic mass is 32.2. The Labute approximate surface area is 166 Å². The highest BCUT2D eigenvalue weighted by Crippen LogP contribution is 2.31. The largest absolute Gasteiger partial charge is 0.465 e. The molecule has 1 aromatic carbocycles. The second-order valence-corrected chi connectivity index (χ2v) is 8.77. The molecule has 1 fully saturated rings. The molecule has 1 aliphatic rings. The second-order valence-electron chi connectivity index (χ2n) is 6.88. The van der Waals surface area contributed by atoms with Crippen molar-refractivity contribution in [3.05, 3.63) is 53.5 Å². The van der Waals surface area contributed by atoms with Gasteiger partial charge in [0.25, 0.3) is 0 Å². The predicted molar refractivity (Wildman–Crippen MR) is 98.3 cm³/mol. The van der Waals surface area contributed by atoms with Gasteiger partial charge in [0.2, 0.25) is 15.9 Å². The number of benzene rings is 1. The third-order valence-corrected chi connectivity index (χ3v) is 6.70. The summed E-state index contributed by atoms with van der Waals surface area (Å²) in [4.78, 5) is 12.4. The first-order chi connectivity index (χ1) is 13.6. The summed E-state index contributed by atoms with van der Waals surface area (Å²) in [7, 11) is -4.12. The number of amides is 1. The summed E-state index contributed by atoms with van der Waals surface area (Å²) in [6.07, 6.45) is -2.97. The van der Waals surface area contributed by atoms with E-state index in [9.17, 15) is 26.4 Å². The molecule has 1 atom stereocenters. The molecule has 0 saturated carbocycles. The molecule has 158 valence electrons. The Morgan fingerprint density at radius 2 is 1.86 bits per heavy atom. The lowest BCUT2D eigenvalue weighted by atomic mass is 10.0. The van der Waals surface area contributed by atoms with Crippen LogP contribution in [0.1, 0.15) is 36.3 Å². The zero-order chi connectivity index (χ0) is 21.2. The van der Waals surface area contributed by atoms with E-state index in [1.165, 1.54) is 0 Å². The number of nitrogens with zero attached hydrogens (tertiary/aromatic N) is 1. The van der Waals surface area contributed by atoms with Gasteiger partial charge in [0.15, 0.2) is 0 Å². The van der Waals surface area contributed by atoms with Crippen molar-refractivity contribution >= 4 is 15.9 Å². The fourth-order valence-electron chi connectivity index (χ4n) is 3.28. The molecule has 0 radical (unpaired) electrons. The monoisotopic (exact) mass is 430 g/mol. The van der Waals surface area contributed by atoms with Crippen LogP contribution in [0.2, 0.25) is 0 Å². The molecule has 1 unspecified atom stereocenters. The van der Waals surface area contributed by atoms with Crippen molar-refractivity contribution in [2.24, 2.45) is 0 Å². The van der Waals surface area contributed by atoms with Gasteiger partial charge < -0.3 is 9.73 Å². The number of hydrogen-bond donors (Lipinski definition) is 1. The van der Waals surface area contributed by atoms with Gasteiger partial charge in [0, 0.05) is 6.54 Å². The van der Waals surface area contributed by atoms with Gasteiger partial charge in [-0.1, -0.05) is 6.42 Å². The summed E-state index contributed by atoms with van der Waals surface area (Å²) in [6.45, 7) is 2.02. The number of hydrogen-bond acceptors (Lipinski definition) is 4. The van der Waals surface area contributed by atoms with Crippen LogP contribution in [0.15, 0.2) is 45.7 Å². The first kappa shape index (κ1) is 21.4. The van der Waals surface area contributed by atoms with Crippen LogP contribution in [-0.2, 0) is 27.5 Å². The van der Waals surface area contributed by atoms with Crippen molar-refractivity contribution in [2.45, 2.75) is 49.8 Å². The minimum atomic E-state index is -4.56. The van der Waals surface area contributed by atoms with Gasteiger partial charge in [-0.3, -0.25) is 4.79 Å². The Kier molecular flexibility index (Phi) is 6.04. The van der Waals surface area contributed by atoms with Crippen LogP contribution in [0.25, 0.3) is 0 Å². The van der Waals surface area contributed by atoms with E-state index in [1.807, 2.05) is 0 Å². The van der Waals surface area contributed by atoms with Crippen molar-refractivity contribution < 1.29 is 30.8 Å². The van der Waals surface area contributed by atoms with Gasteiger partial charge in [0.1, 0.15) is 17.6 Å². The van der Waals surface area contributed by atoms with Crippen molar-refractivity contribution in [3.63, 3.8) is 0 Å². The van der Waals surface area contributed by atoms with Gasteiger partial charge in [-0.05, 0) is 56.2 Å². The smallest absolute Gasteiger partial charge is 0.416 e. The summed E-state index contributed by atoms with van der Waals surface area (Å²) in [5.74, 6) is 0.775. The molecule has 1 N–H and O–H groups in total. The molecule has 1 aliphatic heterocycles. The zero-order valence-corrected chi connectivity index (χ0v) is 16.5. The van der Waals surface area contributed by atoms with E-state index < -0.39 is 33.7 Å². The average Bonchev–Trinajstić information content (AvgIpc) is 3.11. The maximum atomic E-state index is 13.0. The first-order valence-corrected chi connectivity index (χ1v) is 10.5. The lowest BCUT2D eigenvalue weighted by molar-refractivity contribution is -0.137. The fourth-order valence-corrected chi connectivity index (χ4v) is 4.93. The molecular weight excluding hydrogens is 409 g/mol. The molecule has 1 aromatic heterocycles. The molecule has 2 heterocycles. The average molecular weight is 430 g/mol. The van der Waals surface area contributed by atoms with Crippen LogP contribution in [0.3, 0.4) is 0 Å². The molecule has 0 aliphatic carbocycles. The number of rotatable bonds is 5. The van der Waals surface area contributed by atoms with E-state index in [0.29, 0.717) is 30.8 Å². The van der Waals surface area contributed by atoms with Crippen LogP contribution < -0.4 is 5.32 Å². The Morgan fingerprint density at radius 3 is 2.45 bits per heavy atom. The summed E-state index contributed by atoms with van der Waals surface area (Å²) < 4.78 is 70.7. The quantitative estimate of drug-likeness (QED) is 0.788. The molecule has 0 spiro atoms. The lowest BCUT2D eigenvalue weighted by Gasteiger charge is -2.33. The van der Waals surface area contributed by atoms with Crippen LogP contribution in [-0.4, -0.2) is 31.2 Å². The van der Waals surface area contributed by atoms with E-state index in [2.05, 4.69) is 5.32 Å². The molecular formula is C19H21F3N2O4S. The van der Waals surface area contributed by atoms with E-state index >= 15 is 0 Å². The molecule has 0 bridgehead atoms. The summed E-state index contributed by atoms with van der Waals surface area (Å²) >= 11 is 0. The van der Waals surface area contributed by atoms with Gasteiger partial charge >= 0.3 is 6.18 Å². The maximum absolute atomic E-state index is 13.0. The van der Waals surface area contributed by atoms with Crippen LogP contribution >= 0.6 is 0 Å². The van der Waals surface area contributed by atoms with Crippen LogP contribution in [0.4, 0.5) is 13.2 Å². The van der Waals surface area contributed by atoms with Gasteiger partial charge in [-0.25, -0.2) is 8.42 Å². The summed E-state index contributed by atoms with van der Waals surface area (Å²) in [5, 5.41) is 2.68. The number of nitrogens with one attached hydrogen (secondary N) is 1. The predicted octanol–water partition coefficient (Wildman–Crippen LogP) is 3.47. The van der Waals surface area contributed by atoms with E-state index in [1.54, 1.807) is 19.1 Å².